The van der Waals surface area contributed by atoms with Crippen molar-refractivity contribution in [2.24, 2.45) is 0 Å². The molecule has 2 rings (SSSR count). The van der Waals surface area contributed by atoms with Crippen LogP contribution in [0.4, 0.5) is 8.78 Å². The Morgan fingerprint density at radius 3 is 2.25 bits per heavy atom. The van der Waals surface area contributed by atoms with E-state index in [0.717, 1.165) is 22.8 Å². The van der Waals surface area contributed by atoms with Crippen molar-refractivity contribution in [1.82, 2.24) is 0 Å². The normalized spacial score (nSPS) is 11.8. The van der Waals surface area contributed by atoms with Crippen molar-refractivity contribution < 1.29 is 8.78 Å². The fraction of sp³-hybridized carbons (Fsp3) is 0.176. The summed E-state index contributed by atoms with van der Waals surface area (Å²) in [4.78, 5) is 0. The molecule has 0 saturated carbocycles. The first-order chi connectivity index (χ1) is 9.49. The first-order valence-corrected chi connectivity index (χ1v) is 6.83. The minimum Gasteiger partial charge on any atom is -0.207 e. The predicted molar refractivity (Wildman–Crippen MR) is 80.9 cm³/mol. The van der Waals surface area contributed by atoms with Gasteiger partial charge in [-0.25, -0.2) is 8.78 Å². The van der Waals surface area contributed by atoms with Crippen LogP contribution in [0.25, 0.3) is 11.6 Å². The molecular weight excluding hydrogens is 278 g/mol. The SMILES string of the molecule is Cc1cc(C)cc(C=C(CCl)c2ccc(F)cc2F)c1. The molecule has 0 radical (unpaired) electrons. The van der Waals surface area contributed by atoms with Crippen molar-refractivity contribution in [1.29, 1.82) is 0 Å². The maximum absolute atomic E-state index is 13.8. The molecule has 0 bridgehead atoms. The maximum atomic E-state index is 13.8. The zero-order valence-electron chi connectivity index (χ0n) is 11.4. The van der Waals surface area contributed by atoms with Gasteiger partial charge in [0.05, 0.1) is 0 Å². The van der Waals surface area contributed by atoms with E-state index in [2.05, 4.69) is 6.07 Å². The fourth-order valence-corrected chi connectivity index (χ4v) is 2.45. The predicted octanol–water partition coefficient (Wildman–Crippen LogP) is 5.36. The van der Waals surface area contributed by atoms with Crippen LogP contribution in [0.3, 0.4) is 0 Å². The Hall–Kier alpha value is -1.67. The van der Waals surface area contributed by atoms with Gasteiger partial charge in [-0.05, 0) is 43.2 Å². The number of rotatable bonds is 3. The first kappa shape index (κ1) is 14.7. The van der Waals surface area contributed by atoms with Crippen LogP contribution < -0.4 is 0 Å². The van der Waals surface area contributed by atoms with Crippen LogP contribution in [0.5, 0.6) is 0 Å². The highest BCUT2D eigenvalue weighted by molar-refractivity contribution is 6.24. The summed E-state index contributed by atoms with van der Waals surface area (Å²) < 4.78 is 26.8. The largest absolute Gasteiger partial charge is 0.207 e. The van der Waals surface area contributed by atoms with E-state index in [1.807, 2.05) is 32.1 Å². The lowest BCUT2D eigenvalue weighted by atomic mass is 10.0. The van der Waals surface area contributed by atoms with Gasteiger partial charge in [-0.2, -0.15) is 0 Å². The molecule has 0 heterocycles. The van der Waals surface area contributed by atoms with E-state index in [4.69, 9.17) is 11.6 Å². The summed E-state index contributed by atoms with van der Waals surface area (Å²) in [6.45, 7) is 4.01. The van der Waals surface area contributed by atoms with Gasteiger partial charge in [0, 0.05) is 17.5 Å². The average molecular weight is 293 g/mol. The molecule has 0 aliphatic heterocycles. The zero-order chi connectivity index (χ0) is 14.7. The summed E-state index contributed by atoms with van der Waals surface area (Å²) in [5.41, 5.74) is 4.19. The zero-order valence-corrected chi connectivity index (χ0v) is 12.1. The molecule has 0 unspecified atom stereocenters. The Kier molecular flexibility index (Phi) is 4.56. The molecule has 0 nitrogen and oxygen atoms in total. The highest BCUT2D eigenvalue weighted by Gasteiger charge is 2.08. The quantitative estimate of drug-likeness (QED) is 0.527. The summed E-state index contributed by atoms with van der Waals surface area (Å²) in [6.07, 6.45) is 1.84. The van der Waals surface area contributed by atoms with Crippen molar-refractivity contribution >= 4 is 23.3 Å². The first-order valence-electron chi connectivity index (χ1n) is 6.30. The van der Waals surface area contributed by atoms with Gasteiger partial charge in [0.15, 0.2) is 0 Å². The topological polar surface area (TPSA) is 0 Å². The monoisotopic (exact) mass is 292 g/mol. The highest BCUT2D eigenvalue weighted by Crippen LogP contribution is 2.24. The van der Waals surface area contributed by atoms with E-state index in [1.54, 1.807) is 0 Å². The summed E-state index contributed by atoms with van der Waals surface area (Å²) >= 11 is 5.91. The van der Waals surface area contributed by atoms with E-state index in [-0.39, 0.29) is 5.88 Å². The lowest BCUT2D eigenvalue weighted by molar-refractivity contribution is 0.581. The molecule has 0 saturated heterocycles. The number of halogens is 3. The second-order valence-corrected chi connectivity index (χ2v) is 5.12. The van der Waals surface area contributed by atoms with Gasteiger partial charge in [-0.15, -0.1) is 11.6 Å². The molecule has 20 heavy (non-hydrogen) atoms. The van der Waals surface area contributed by atoms with Gasteiger partial charge >= 0.3 is 0 Å². The molecule has 2 aromatic rings. The third-order valence-corrected chi connectivity index (χ3v) is 3.29. The van der Waals surface area contributed by atoms with E-state index in [9.17, 15) is 8.78 Å². The fourth-order valence-electron chi connectivity index (χ4n) is 2.23. The lowest BCUT2D eigenvalue weighted by Gasteiger charge is -2.07. The molecule has 0 spiro atoms. The summed E-state index contributed by atoms with van der Waals surface area (Å²) in [6, 6.07) is 9.59. The summed E-state index contributed by atoms with van der Waals surface area (Å²) in [5.74, 6) is -1.02. The second-order valence-electron chi connectivity index (χ2n) is 4.85. The number of alkyl halides is 1. The Morgan fingerprint density at radius 2 is 1.70 bits per heavy atom. The Morgan fingerprint density at radius 1 is 1.05 bits per heavy atom. The molecule has 104 valence electrons. The molecule has 3 heteroatoms. The molecule has 0 aliphatic carbocycles. The average Bonchev–Trinajstić information content (AvgIpc) is 2.35. The van der Waals surface area contributed by atoms with Crippen LogP contribution in [0.15, 0.2) is 36.4 Å². The Bertz CT molecular complexity index is 640. The van der Waals surface area contributed by atoms with Crippen LogP contribution in [0.1, 0.15) is 22.3 Å². The Labute approximate surface area is 122 Å². The molecular formula is C17H15ClF2. The van der Waals surface area contributed by atoms with Crippen LogP contribution in [0.2, 0.25) is 0 Å². The van der Waals surface area contributed by atoms with Gasteiger partial charge < -0.3 is 0 Å². The van der Waals surface area contributed by atoms with E-state index < -0.39 is 11.6 Å². The van der Waals surface area contributed by atoms with Gasteiger partial charge in [-0.1, -0.05) is 29.3 Å². The standard InChI is InChI=1S/C17H15ClF2/c1-11-5-12(2)7-13(6-11)8-14(10-18)16-4-3-15(19)9-17(16)20/h3-9H,10H2,1-2H3. The van der Waals surface area contributed by atoms with E-state index in [1.165, 1.54) is 12.1 Å². The van der Waals surface area contributed by atoms with Gasteiger partial charge in [0.2, 0.25) is 0 Å². The number of allylic oxidation sites excluding steroid dienone is 1. The molecule has 0 aliphatic rings. The molecule has 0 fully saturated rings. The summed E-state index contributed by atoms with van der Waals surface area (Å²) in [5, 5.41) is 0. The molecule has 0 aromatic heterocycles. The van der Waals surface area contributed by atoms with Crippen molar-refractivity contribution in [3.8, 4) is 0 Å². The number of benzene rings is 2. The van der Waals surface area contributed by atoms with Crippen molar-refractivity contribution in [3.63, 3.8) is 0 Å². The molecule has 0 amide bonds. The summed E-state index contributed by atoms with van der Waals surface area (Å²) in [7, 11) is 0. The highest BCUT2D eigenvalue weighted by atomic mass is 35.5. The van der Waals surface area contributed by atoms with Crippen molar-refractivity contribution in [2.45, 2.75) is 13.8 Å². The minimum absolute atomic E-state index is 0.162. The van der Waals surface area contributed by atoms with Crippen LogP contribution >= 0.6 is 11.6 Å². The van der Waals surface area contributed by atoms with Crippen LogP contribution in [-0.2, 0) is 0 Å². The maximum Gasteiger partial charge on any atom is 0.133 e. The third kappa shape index (κ3) is 3.45. The smallest absolute Gasteiger partial charge is 0.133 e. The number of hydrogen-bond donors (Lipinski definition) is 0. The van der Waals surface area contributed by atoms with Gasteiger partial charge in [-0.3, -0.25) is 0 Å². The van der Waals surface area contributed by atoms with Gasteiger partial charge in [0.25, 0.3) is 0 Å². The third-order valence-electron chi connectivity index (χ3n) is 3.01. The van der Waals surface area contributed by atoms with Crippen molar-refractivity contribution in [2.75, 3.05) is 5.88 Å². The van der Waals surface area contributed by atoms with Gasteiger partial charge in [0.1, 0.15) is 11.6 Å². The molecule has 0 atom stereocenters. The van der Waals surface area contributed by atoms with Crippen LogP contribution in [0, 0.1) is 25.5 Å². The number of hydrogen-bond acceptors (Lipinski definition) is 0. The second kappa shape index (κ2) is 6.19. The van der Waals surface area contributed by atoms with E-state index >= 15 is 0 Å². The van der Waals surface area contributed by atoms with E-state index in [0.29, 0.717) is 11.1 Å². The molecule has 0 N–H and O–H groups in total. The number of aryl methyl sites for hydroxylation is 2. The van der Waals surface area contributed by atoms with Crippen LogP contribution in [-0.4, -0.2) is 5.88 Å². The van der Waals surface area contributed by atoms with Crippen molar-refractivity contribution in [3.05, 3.63) is 70.3 Å². The minimum atomic E-state index is -0.596. The molecule has 2 aromatic carbocycles. The lowest BCUT2D eigenvalue weighted by Crippen LogP contribution is -1.93. The Balaban J connectivity index is 2.48.